The highest BCUT2D eigenvalue weighted by molar-refractivity contribution is 14.0. The fourth-order valence-electron chi connectivity index (χ4n) is 2.70. The van der Waals surface area contributed by atoms with E-state index in [0.717, 1.165) is 25.6 Å². The fourth-order valence-corrected chi connectivity index (χ4v) is 2.70. The van der Waals surface area contributed by atoms with Crippen LogP contribution in [0.1, 0.15) is 36.8 Å². The topological polar surface area (TPSA) is 54.2 Å². The number of nitrogens with zero attached hydrogens (tertiary/aromatic N) is 3. The highest BCUT2D eigenvalue weighted by Gasteiger charge is 2.30. The normalized spacial score (nSPS) is 13.0. The van der Waals surface area contributed by atoms with E-state index in [4.69, 9.17) is 0 Å². The number of aliphatic imine (C=N–C) groups is 1. The number of aryl methyl sites for hydroxylation is 1. The van der Waals surface area contributed by atoms with Crippen molar-refractivity contribution in [3.8, 4) is 0 Å². The molecule has 2 N–H and O–H groups in total. The molecule has 0 spiro atoms. The third-order valence-corrected chi connectivity index (χ3v) is 4.29. The van der Waals surface area contributed by atoms with Crippen LogP contribution in [-0.2, 0) is 12.7 Å². The predicted molar refractivity (Wildman–Crippen MR) is 116 cm³/mol. The summed E-state index contributed by atoms with van der Waals surface area (Å²) >= 11 is 0. The van der Waals surface area contributed by atoms with E-state index >= 15 is 0 Å². The molecule has 5 nitrogen and oxygen atoms in total. The first kappa shape index (κ1) is 24.3. The Morgan fingerprint density at radius 3 is 2.61 bits per heavy atom. The zero-order valence-electron chi connectivity index (χ0n) is 16.0. The van der Waals surface area contributed by atoms with Crippen molar-refractivity contribution in [3.63, 3.8) is 0 Å². The van der Waals surface area contributed by atoms with Gasteiger partial charge in [-0.3, -0.25) is 9.67 Å². The lowest BCUT2D eigenvalue weighted by Gasteiger charge is -2.16. The quantitative estimate of drug-likeness (QED) is 0.242. The van der Waals surface area contributed by atoms with Crippen LogP contribution in [0.4, 0.5) is 13.2 Å². The van der Waals surface area contributed by atoms with Crippen LogP contribution in [-0.4, -0.2) is 35.9 Å². The summed E-state index contributed by atoms with van der Waals surface area (Å²) in [4.78, 5) is 4.16. The number of hydrogen-bond donors (Lipinski definition) is 2. The van der Waals surface area contributed by atoms with Crippen LogP contribution < -0.4 is 10.6 Å². The van der Waals surface area contributed by atoms with E-state index in [9.17, 15) is 13.2 Å². The van der Waals surface area contributed by atoms with Gasteiger partial charge in [0.25, 0.3) is 0 Å². The van der Waals surface area contributed by atoms with Gasteiger partial charge in [0, 0.05) is 39.1 Å². The van der Waals surface area contributed by atoms with E-state index in [-0.39, 0.29) is 29.9 Å². The first-order chi connectivity index (χ1) is 12.9. The molecule has 1 aromatic heterocycles. The molecule has 1 heterocycles. The van der Waals surface area contributed by atoms with E-state index in [2.05, 4.69) is 20.7 Å². The summed E-state index contributed by atoms with van der Waals surface area (Å²) in [6, 6.07) is 7.42. The average molecular weight is 509 g/mol. The number of guanidine groups is 1. The van der Waals surface area contributed by atoms with Gasteiger partial charge in [-0.2, -0.15) is 18.3 Å². The smallest absolute Gasteiger partial charge is 0.356 e. The van der Waals surface area contributed by atoms with Gasteiger partial charge in [-0.05, 0) is 36.5 Å². The van der Waals surface area contributed by atoms with Crippen molar-refractivity contribution in [2.75, 3.05) is 20.1 Å². The molecule has 156 valence electrons. The van der Waals surface area contributed by atoms with E-state index in [0.29, 0.717) is 24.5 Å². The fraction of sp³-hybridized carbons (Fsp3) is 0.474. The maximum atomic E-state index is 12.8. The zero-order chi connectivity index (χ0) is 19.7. The summed E-state index contributed by atoms with van der Waals surface area (Å²) in [5, 5.41) is 10.6. The molecule has 1 aromatic carbocycles. The Kier molecular flexibility index (Phi) is 10.3. The molecule has 1 unspecified atom stereocenters. The predicted octanol–water partition coefficient (Wildman–Crippen LogP) is 4.27. The minimum absolute atomic E-state index is 0. The third kappa shape index (κ3) is 8.07. The van der Waals surface area contributed by atoms with Gasteiger partial charge in [-0.15, -0.1) is 24.0 Å². The molecular formula is C19H27F3IN5. The Morgan fingerprint density at radius 2 is 1.96 bits per heavy atom. The van der Waals surface area contributed by atoms with Crippen LogP contribution in [0.25, 0.3) is 0 Å². The van der Waals surface area contributed by atoms with Crippen LogP contribution in [0.15, 0.2) is 47.7 Å². The molecule has 1 atom stereocenters. The standard InChI is InChI=1S/C19H26F3N5.HI/c1-15(16-6-3-7-17(14-16)19(20,21)22)8-11-25-18(23-2)24-9-4-12-27-13-5-10-26-27;/h3,5-7,10,13-15H,4,8-9,11-12H2,1-2H3,(H2,23,24,25);1H. The minimum atomic E-state index is -4.31. The third-order valence-electron chi connectivity index (χ3n) is 4.29. The molecule has 0 bridgehead atoms. The largest absolute Gasteiger partial charge is 0.416 e. The molecular weight excluding hydrogens is 482 g/mol. The molecule has 2 rings (SSSR count). The molecule has 0 radical (unpaired) electrons. The second-order valence-electron chi connectivity index (χ2n) is 6.36. The second-order valence-corrected chi connectivity index (χ2v) is 6.36. The number of nitrogens with one attached hydrogen (secondary N) is 2. The van der Waals surface area contributed by atoms with Crippen LogP contribution >= 0.6 is 24.0 Å². The van der Waals surface area contributed by atoms with Gasteiger partial charge >= 0.3 is 6.18 Å². The van der Waals surface area contributed by atoms with Crippen molar-refractivity contribution in [2.24, 2.45) is 4.99 Å². The first-order valence-corrected chi connectivity index (χ1v) is 8.99. The molecule has 0 aliphatic rings. The molecule has 0 saturated heterocycles. The maximum Gasteiger partial charge on any atom is 0.416 e. The van der Waals surface area contributed by atoms with Crippen LogP contribution in [0.3, 0.4) is 0 Å². The Morgan fingerprint density at radius 1 is 1.21 bits per heavy atom. The van der Waals surface area contributed by atoms with Gasteiger partial charge < -0.3 is 10.6 Å². The Hall–Kier alpha value is -1.78. The van der Waals surface area contributed by atoms with Crippen molar-refractivity contribution >= 4 is 29.9 Å². The molecule has 0 amide bonds. The number of aromatic nitrogens is 2. The number of benzene rings is 1. The summed E-state index contributed by atoms with van der Waals surface area (Å²) in [6.07, 6.45) is 0.968. The Labute approximate surface area is 180 Å². The number of rotatable bonds is 8. The number of hydrogen-bond acceptors (Lipinski definition) is 2. The molecule has 28 heavy (non-hydrogen) atoms. The van der Waals surface area contributed by atoms with E-state index in [1.165, 1.54) is 12.1 Å². The number of alkyl halides is 3. The maximum absolute atomic E-state index is 12.8. The lowest BCUT2D eigenvalue weighted by Crippen LogP contribution is -2.38. The molecule has 0 fully saturated rings. The van der Waals surface area contributed by atoms with Gasteiger partial charge in [0.05, 0.1) is 5.56 Å². The van der Waals surface area contributed by atoms with Gasteiger partial charge in [0.15, 0.2) is 5.96 Å². The van der Waals surface area contributed by atoms with Crippen LogP contribution in [0.2, 0.25) is 0 Å². The number of halogens is 4. The molecule has 0 saturated carbocycles. The van der Waals surface area contributed by atoms with Gasteiger partial charge in [0.2, 0.25) is 0 Å². The lowest BCUT2D eigenvalue weighted by molar-refractivity contribution is -0.137. The first-order valence-electron chi connectivity index (χ1n) is 8.99. The van der Waals surface area contributed by atoms with Crippen molar-refractivity contribution in [1.29, 1.82) is 0 Å². The highest BCUT2D eigenvalue weighted by atomic mass is 127. The highest BCUT2D eigenvalue weighted by Crippen LogP contribution is 2.31. The zero-order valence-corrected chi connectivity index (χ0v) is 18.4. The van der Waals surface area contributed by atoms with E-state index in [1.807, 2.05) is 23.9 Å². The van der Waals surface area contributed by atoms with E-state index < -0.39 is 11.7 Å². The lowest BCUT2D eigenvalue weighted by atomic mass is 9.96. The summed E-state index contributed by atoms with van der Waals surface area (Å²) in [7, 11) is 1.69. The van der Waals surface area contributed by atoms with Gasteiger partial charge in [0.1, 0.15) is 0 Å². The summed E-state index contributed by atoms with van der Waals surface area (Å²) in [5.74, 6) is 0.699. The SMILES string of the molecule is CN=C(NCCCn1cccn1)NCCC(C)c1cccc(C(F)(F)F)c1.I. The molecule has 0 aliphatic heterocycles. The van der Waals surface area contributed by atoms with Crippen molar-refractivity contribution in [2.45, 2.75) is 38.4 Å². The van der Waals surface area contributed by atoms with Crippen LogP contribution in [0.5, 0.6) is 0 Å². The molecule has 0 aliphatic carbocycles. The summed E-state index contributed by atoms with van der Waals surface area (Å²) < 4.78 is 40.4. The van der Waals surface area contributed by atoms with Crippen molar-refractivity contribution in [1.82, 2.24) is 20.4 Å². The van der Waals surface area contributed by atoms with E-state index in [1.54, 1.807) is 19.3 Å². The monoisotopic (exact) mass is 509 g/mol. The second kappa shape index (κ2) is 11.9. The summed E-state index contributed by atoms with van der Waals surface area (Å²) in [6.45, 7) is 4.12. The summed E-state index contributed by atoms with van der Waals surface area (Å²) in [5.41, 5.74) is 0.0864. The van der Waals surface area contributed by atoms with Crippen molar-refractivity contribution < 1.29 is 13.2 Å². The van der Waals surface area contributed by atoms with Crippen LogP contribution in [0, 0.1) is 0 Å². The minimum Gasteiger partial charge on any atom is -0.356 e. The molecule has 9 heteroatoms. The Bertz CT molecular complexity index is 717. The molecule has 2 aromatic rings. The van der Waals surface area contributed by atoms with Gasteiger partial charge in [-0.1, -0.05) is 25.1 Å². The Balaban J connectivity index is 0.00000392. The van der Waals surface area contributed by atoms with Gasteiger partial charge in [-0.25, -0.2) is 0 Å². The van der Waals surface area contributed by atoms with Crippen molar-refractivity contribution in [3.05, 3.63) is 53.9 Å². The average Bonchev–Trinajstić information content (AvgIpc) is 3.16.